The van der Waals surface area contributed by atoms with Crippen molar-refractivity contribution < 1.29 is 28.3 Å². The van der Waals surface area contributed by atoms with E-state index in [9.17, 15) is 9.59 Å². The van der Waals surface area contributed by atoms with Crippen molar-refractivity contribution in [2.24, 2.45) is 17.3 Å². The lowest BCUT2D eigenvalue weighted by molar-refractivity contribution is -0.148. The van der Waals surface area contributed by atoms with Crippen molar-refractivity contribution in [3.05, 3.63) is 24.3 Å². The van der Waals surface area contributed by atoms with Crippen LogP contribution in [0.1, 0.15) is 126 Å². The van der Waals surface area contributed by atoms with E-state index in [2.05, 4.69) is 99.0 Å². The Morgan fingerprint density at radius 1 is 0.956 bits per heavy atom. The number of unbranched alkanes of at least 4 members (excludes halogenated alkanes) is 1. The fourth-order valence-electron chi connectivity index (χ4n) is 6.61. The highest BCUT2D eigenvalue weighted by Crippen LogP contribution is 2.52. The largest absolute Gasteiger partial charge is 0.481 e. The van der Waals surface area contributed by atoms with Crippen LogP contribution in [0.5, 0.6) is 0 Å². The minimum atomic E-state index is -2.09. The van der Waals surface area contributed by atoms with E-state index >= 15 is 0 Å². The Morgan fingerprint density at radius 2 is 1.58 bits per heavy atom. The quantitative estimate of drug-likeness (QED) is 0.0721. The third-order valence-electron chi connectivity index (χ3n) is 11.5. The Bertz CT molecular complexity index is 1010. The highest BCUT2D eigenvalue weighted by Gasteiger charge is 2.50. The first-order valence-corrected chi connectivity index (χ1v) is 23.5. The van der Waals surface area contributed by atoms with Crippen molar-refractivity contribution in [3.8, 4) is 0 Å². The summed E-state index contributed by atoms with van der Waals surface area (Å²) in [5.74, 6) is -0.795. The second-order valence-corrected chi connectivity index (χ2v) is 26.5. The number of carboxylic acid groups (broad SMARTS) is 1. The third-order valence-corrected chi connectivity index (χ3v) is 20.5. The second kappa shape index (κ2) is 16.3. The standard InChI is InChI=1S/C37H68O6Si2/c1-13-24-37(25-19-26-37)33(43-45(11,12)36(6,7)8)22-18-21-30-29(20-16-14-15-17-23-34(39)40)31(41-28(2)38)27-32(30)42-44(9,10)35(3,4)5/h14,16,18,21,29-33H,13,15,17,19-20,22-27H2,1-12H3,(H,39,40)/b16-14-,21-18+/t29-,30-,31+,32-,33?/m1/s1. The van der Waals surface area contributed by atoms with Crippen molar-refractivity contribution in [1.82, 2.24) is 0 Å². The van der Waals surface area contributed by atoms with E-state index < -0.39 is 22.6 Å². The van der Waals surface area contributed by atoms with Gasteiger partial charge in [0.2, 0.25) is 0 Å². The molecule has 0 aromatic rings. The molecule has 0 aromatic carbocycles. The number of hydrogen-bond donors (Lipinski definition) is 1. The van der Waals surface area contributed by atoms with E-state index in [-0.39, 0.29) is 58.0 Å². The van der Waals surface area contributed by atoms with Crippen LogP contribution in [0.3, 0.4) is 0 Å². The number of allylic oxidation sites excluding steroid dienone is 2. The van der Waals surface area contributed by atoms with E-state index in [0.717, 1.165) is 19.3 Å². The molecule has 2 aliphatic rings. The number of rotatable bonds is 17. The zero-order chi connectivity index (χ0) is 34.3. The monoisotopic (exact) mass is 664 g/mol. The number of carbonyl (C=O) groups is 2. The molecule has 8 heteroatoms. The molecule has 0 saturated heterocycles. The fourth-order valence-corrected chi connectivity index (χ4v) is 9.38. The number of esters is 1. The van der Waals surface area contributed by atoms with Gasteiger partial charge in [0.15, 0.2) is 16.6 Å². The summed E-state index contributed by atoms with van der Waals surface area (Å²) in [6.07, 6.45) is 19.0. The van der Waals surface area contributed by atoms with Crippen molar-refractivity contribution >= 4 is 28.6 Å². The first-order chi connectivity index (χ1) is 20.7. The predicted octanol–water partition coefficient (Wildman–Crippen LogP) is 10.5. The van der Waals surface area contributed by atoms with Crippen LogP contribution in [0.4, 0.5) is 0 Å². The lowest BCUT2D eigenvalue weighted by Crippen LogP contribution is -2.51. The minimum absolute atomic E-state index is 0.0232. The smallest absolute Gasteiger partial charge is 0.303 e. The summed E-state index contributed by atoms with van der Waals surface area (Å²) >= 11 is 0. The van der Waals surface area contributed by atoms with Crippen LogP contribution in [0, 0.1) is 17.3 Å². The van der Waals surface area contributed by atoms with Crippen molar-refractivity contribution in [2.45, 2.75) is 181 Å². The predicted molar refractivity (Wildman–Crippen MR) is 191 cm³/mol. The summed E-state index contributed by atoms with van der Waals surface area (Å²) in [5.41, 5.74) is 0.264. The van der Waals surface area contributed by atoms with Gasteiger partial charge in [-0.3, -0.25) is 9.59 Å². The number of carbonyl (C=O) groups excluding carboxylic acids is 1. The van der Waals surface area contributed by atoms with Crippen LogP contribution in [0.25, 0.3) is 0 Å². The molecule has 45 heavy (non-hydrogen) atoms. The molecule has 6 nitrogen and oxygen atoms in total. The maximum absolute atomic E-state index is 12.3. The molecule has 0 heterocycles. The molecule has 0 aliphatic heterocycles. The van der Waals surface area contributed by atoms with Crippen molar-refractivity contribution in [3.63, 3.8) is 0 Å². The summed E-state index contributed by atoms with van der Waals surface area (Å²) in [5, 5.41) is 9.22. The van der Waals surface area contributed by atoms with Crippen LogP contribution in [-0.4, -0.2) is 52.0 Å². The van der Waals surface area contributed by atoms with Crippen LogP contribution in [-0.2, 0) is 23.2 Å². The van der Waals surface area contributed by atoms with Gasteiger partial charge in [0.25, 0.3) is 0 Å². The first kappa shape index (κ1) is 40.0. The van der Waals surface area contributed by atoms with Crippen molar-refractivity contribution in [2.75, 3.05) is 0 Å². The summed E-state index contributed by atoms with van der Waals surface area (Å²) in [6.45, 7) is 27.0. The summed E-state index contributed by atoms with van der Waals surface area (Å²) in [7, 11) is -4.06. The van der Waals surface area contributed by atoms with E-state index in [1.54, 1.807) is 0 Å². The second-order valence-electron chi connectivity index (χ2n) is 17.0. The number of aliphatic carboxylic acids is 1. The Labute approximate surface area is 278 Å². The molecule has 2 saturated carbocycles. The highest BCUT2D eigenvalue weighted by atomic mass is 28.4. The van der Waals surface area contributed by atoms with Gasteiger partial charge in [-0.1, -0.05) is 85.6 Å². The highest BCUT2D eigenvalue weighted by molar-refractivity contribution is 6.74. The molecule has 2 aliphatic carbocycles. The van der Waals surface area contributed by atoms with Gasteiger partial charge in [-0.15, -0.1) is 0 Å². The lowest BCUT2D eigenvalue weighted by atomic mass is 9.62. The third kappa shape index (κ3) is 11.2. The Balaban J connectivity index is 2.43. The molecule has 5 atom stereocenters. The normalized spacial score (nSPS) is 25.1. The Kier molecular flexibility index (Phi) is 14.4. The molecule has 2 fully saturated rings. The van der Waals surface area contributed by atoms with Gasteiger partial charge in [0.05, 0.1) is 12.2 Å². The molecule has 1 N–H and O–H groups in total. The molecular weight excluding hydrogens is 597 g/mol. The molecule has 0 spiro atoms. The van der Waals surface area contributed by atoms with Crippen LogP contribution in [0.15, 0.2) is 24.3 Å². The maximum atomic E-state index is 12.3. The molecule has 0 amide bonds. The first-order valence-electron chi connectivity index (χ1n) is 17.7. The molecule has 1 unspecified atom stereocenters. The minimum Gasteiger partial charge on any atom is -0.481 e. The van der Waals surface area contributed by atoms with Gasteiger partial charge in [-0.05, 0) is 86.6 Å². The van der Waals surface area contributed by atoms with Gasteiger partial charge < -0.3 is 18.7 Å². The van der Waals surface area contributed by atoms with Gasteiger partial charge in [0.1, 0.15) is 6.10 Å². The van der Waals surface area contributed by atoms with E-state index in [4.69, 9.17) is 18.7 Å². The molecule has 260 valence electrons. The van der Waals surface area contributed by atoms with E-state index in [1.165, 1.54) is 39.0 Å². The zero-order valence-corrected chi connectivity index (χ0v) is 33.0. The lowest BCUT2D eigenvalue weighted by Gasteiger charge is -2.51. The Hall–Kier alpha value is -1.23. The van der Waals surface area contributed by atoms with Crippen LogP contribution < -0.4 is 0 Å². The zero-order valence-electron chi connectivity index (χ0n) is 31.0. The van der Waals surface area contributed by atoms with E-state index in [0.29, 0.717) is 12.8 Å². The van der Waals surface area contributed by atoms with Gasteiger partial charge in [0, 0.05) is 31.6 Å². The van der Waals surface area contributed by atoms with Crippen LogP contribution >= 0.6 is 0 Å². The molecule has 0 bridgehead atoms. The van der Waals surface area contributed by atoms with Gasteiger partial charge in [-0.2, -0.15) is 0 Å². The maximum Gasteiger partial charge on any atom is 0.303 e. The molecule has 0 aromatic heterocycles. The molecule has 2 rings (SSSR count). The Morgan fingerprint density at radius 3 is 2.07 bits per heavy atom. The summed E-state index contributed by atoms with van der Waals surface area (Å²) < 4.78 is 20.3. The number of hydrogen-bond acceptors (Lipinski definition) is 5. The average molecular weight is 665 g/mol. The topological polar surface area (TPSA) is 82.1 Å². The summed E-state index contributed by atoms with van der Waals surface area (Å²) in [6, 6.07) is 0. The SMILES string of the molecule is CCCC1(C(C/C=C/[C@@H]2[C@@H](C/C=C\CCCC(=O)O)[C@@H](OC(C)=O)C[C@H]2O[Si](C)(C)C(C)(C)C)O[Si](C)(C)C(C)(C)C)CCC1. The number of carboxylic acids is 1. The van der Waals surface area contributed by atoms with Gasteiger partial charge in [-0.25, -0.2) is 0 Å². The summed E-state index contributed by atoms with van der Waals surface area (Å²) in [4.78, 5) is 23.2. The van der Waals surface area contributed by atoms with Crippen LogP contribution in [0.2, 0.25) is 36.3 Å². The fraction of sp³-hybridized carbons (Fsp3) is 0.838. The van der Waals surface area contributed by atoms with Crippen molar-refractivity contribution in [1.29, 1.82) is 0 Å². The van der Waals surface area contributed by atoms with Gasteiger partial charge >= 0.3 is 11.9 Å². The average Bonchev–Trinajstić information content (AvgIpc) is 3.15. The molecule has 0 radical (unpaired) electrons. The number of ether oxygens (including phenoxy) is 1. The van der Waals surface area contributed by atoms with E-state index in [1.807, 2.05) is 0 Å². The molecular formula is C37H68O6Si2.